The first-order valence-corrected chi connectivity index (χ1v) is 7.77. The summed E-state index contributed by atoms with van der Waals surface area (Å²) < 4.78 is 6.33. The molecule has 0 spiro atoms. The number of hydrogen-bond acceptors (Lipinski definition) is 4. The van der Waals surface area contributed by atoms with Crippen molar-refractivity contribution < 1.29 is 14.5 Å². The van der Waals surface area contributed by atoms with Crippen LogP contribution in [0.5, 0.6) is 5.75 Å². The molecule has 6 nitrogen and oxygen atoms in total. The largest absolute Gasteiger partial charge is 0.487 e. The average Bonchev–Trinajstić information content (AvgIpc) is 2.54. The first kappa shape index (κ1) is 17.0. The normalized spacial score (nSPS) is 10.1. The number of hydrogen-bond donors (Lipinski definition) is 1. The molecule has 1 N–H and O–H groups in total. The highest BCUT2D eigenvalue weighted by atomic mass is 79.9. The van der Waals surface area contributed by atoms with Gasteiger partial charge in [-0.05, 0) is 36.8 Å². The van der Waals surface area contributed by atoms with Crippen molar-refractivity contribution in [2.45, 2.75) is 12.8 Å². The maximum absolute atomic E-state index is 11.8. The first-order valence-electron chi connectivity index (χ1n) is 6.98. The molecule has 0 saturated carbocycles. The zero-order valence-corrected chi connectivity index (χ0v) is 13.8. The van der Waals surface area contributed by atoms with Crippen LogP contribution in [0.15, 0.2) is 53.0 Å². The molecular weight excluding hydrogens is 364 g/mol. The molecule has 23 heavy (non-hydrogen) atoms. The standard InChI is InChI=1S/C16H15BrN2O4/c17-12-7-9-13(10-8-12)18-16(20)6-3-11-23-15-5-2-1-4-14(15)19(21)22/h1-2,4-5,7-10H,3,6,11H2,(H,18,20). The summed E-state index contributed by atoms with van der Waals surface area (Å²) in [6, 6.07) is 13.5. The van der Waals surface area contributed by atoms with Gasteiger partial charge in [0, 0.05) is 22.6 Å². The number of nitrogens with one attached hydrogen (secondary N) is 1. The van der Waals surface area contributed by atoms with Gasteiger partial charge < -0.3 is 10.1 Å². The molecule has 2 aromatic carbocycles. The maximum Gasteiger partial charge on any atom is 0.310 e. The Hall–Kier alpha value is -2.41. The highest BCUT2D eigenvalue weighted by molar-refractivity contribution is 9.10. The Balaban J connectivity index is 1.76. The van der Waals surface area contributed by atoms with Crippen LogP contribution in [0, 0.1) is 10.1 Å². The Labute approximate surface area is 141 Å². The number of anilines is 1. The average molecular weight is 379 g/mol. The molecule has 120 valence electrons. The zero-order valence-electron chi connectivity index (χ0n) is 12.2. The molecule has 0 heterocycles. The maximum atomic E-state index is 11.8. The van der Waals surface area contributed by atoms with E-state index in [2.05, 4.69) is 21.2 Å². The lowest BCUT2D eigenvalue weighted by molar-refractivity contribution is -0.385. The summed E-state index contributed by atoms with van der Waals surface area (Å²) >= 11 is 3.32. The second-order valence-corrected chi connectivity index (χ2v) is 5.65. The van der Waals surface area contributed by atoms with Crippen LogP contribution >= 0.6 is 15.9 Å². The third-order valence-corrected chi connectivity index (χ3v) is 3.52. The van der Waals surface area contributed by atoms with E-state index < -0.39 is 4.92 Å². The Bertz CT molecular complexity index is 689. The predicted octanol–water partition coefficient (Wildman–Crippen LogP) is 4.16. The molecule has 0 aliphatic carbocycles. The monoisotopic (exact) mass is 378 g/mol. The van der Waals surface area contributed by atoms with Crippen LogP contribution in [0.4, 0.5) is 11.4 Å². The number of para-hydroxylation sites is 2. The molecule has 7 heteroatoms. The quantitative estimate of drug-likeness (QED) is 0.445. The summed E-state index contributed by atoms with van der Waals surface area (Å²) in [5.74, 6) is 0.0873. The SMILES string of the molecule is O=C(CCCOc1ccccc1[N+](=O)[O-])Nc1ccc(Br)cc1. The van der Waals surface area contributed by atoms with Crippen LogP contribution in [0.3, 0.4) is 0 Å². The van der Waals surface area contributed by atoms with Crippen molar-refractivity contribution >= 4 is 33.2 Å². The molecule has 0 aromatic heterocycles. The Morgan fingerprint density at radius 1 is 1.17 bits per heavy atom. The van der Waals surface area contributed by atoms with Crippen LogP contribution in [0.2, 0.25) is 0 Å². The van der Waals surface area contributed by atoms with Crippen molar-refractivity contribution in [3.05, 3.63) is 63.1 Å². The molecule has 0 aliphatic rings. The van der Waals surface area contributed by atoms with Gasteiger partial charge in [0.05, 0.1) is 11.5 Å². The van der Waals surface area contributed by atoms with Crippen molar-refractivity contribution in [2.75, 3.05) is 11.9 Å². The fraction of sp³-hybridized carbons (Fsp3) is 0.188. The van der Waals surface area contributed by atoms with Crippen molar-refractivity contribution in [1.82, 2.24) is 0 Å². The number of nitrogens with zero attached hydrogens (tertiary/aromatic N) is 1. The van der Waals surface area contributed by atoms with Gasteiger partial charge in [-0.25, -0.2) is 0 Å². The Kier molecular flexibility index (Phi) is 6.10. The number of halogens is 1. The molecule has 0 saturated heterocycles. The second kappa shape index (κ2) is 8.28. The zero-order chi connectivity index (χ0) is 16.7. The van der Waals surface area contributed by atoms with Gasteiger partial charge in [0.25, 0.3) is 0 Å². The number of nitro benzene ring substituents is 1. The molecular formula is C16H15BrN2O4. The fourth-order valence-corrected chi connectivity index (χ4v) is 2.17. The van der Waals surface area contributed by atoms with Crippen molar-refractivity contribution in [3.8, 4) is 5.75 Å². The topological polar surface area (TPSA) is 81.5 Å². The number of amides is 1. The van der Waals surface area contributed by atoms with Gasteiger partial charge >= 0.3 is 5.69 Å². The fourth-order valence-electron chi connectivity index (χ4n) is 1.90. The van der Waals surface area contributed by atoms with Crippen LogP contribution < -0.4 is 10.1 Å². The number of ether oxygens (including phenoxy) is 1. The molecule has 0 radical (unpaired) electrons. The minimum Gasteiger partial charge on any atom is -0.487 e. The number of nitro groups is 1. The summed E-state index contributed by atoms with van der Waals surface area (Å²) in [6.07, 6.45) is 0.741. The van der Waals surface area contributed by atoms with Crippen LogP contribution in [0.1, 0.15) is 12.8 Å². The number of carbonyl (C=O) groups excluding carboxylic acids is 1. The van der Waals surface area contributed by atoms with Crippen LogP contribution in [0.25, 0.3) is 0 Å². The number of rotatable bonds is 7. The minimum absolute atomic E-state index is 0.0770. The molecule has 2 rings (SSSR count). The van der Waals surface area contributed by atoms with E-state index in [1.807, 2.05) is 12.1 Å². The molecule has 0 fully saturated rings. The van der Waals surface area contributed by atoms with E-state index in [1.54, 1.807) is 30.3 Å². The summed E-state index contributed by atoms with van der Waals surface area (Å²) in [5.41, 5.74) is 0.643. The van der Waals surface area contributed by atoms with Crippen molar-refractivity contribution in [3.63, 3.8) is 0 Å². The minimum atomic E-state index is -0.491. The van der Waals surface area contributed by atoms with E-state index in [-0.39, 0.29) is 30.4 Å². The molecule has 0 aliphatic heterocycles. The van der Waals surface area contributed by atoms with Gasteiger partial charge in [-0.3, -0.25) is 14.9 Å². The second-order valence-electron chi connectivity index (χ2n) is 4.73. The van der Waals surface area contributed by atoms with Gasteiger partial charge in [0.2, 0.25) is 5.91 Å². The van der Waals surface area contributed by atoms with Crippen LogP contribution in [-0.4, -0.2) is 17.4 Å². The third-order valence-electron chi connectivity index (χ3n) is 3.00. The lowest BCUT2D eigenvalue weighted by atomic mass is 10.2. The van der Waals surface area contributed by atoms with Gasteiger partial charge in [-0.2, -0.15) is 0 Å². The summed E-state index contributed by atoms with van der Waals surface area (Å²) in [6.45, 7) is 0.235. The van der Waals surface area contributed by atoms with Crippen LogP contribution in [-0.2, 0) is 4.79 Å². The first-order chi connectivity index (χ1) is 11.1. The van der Waals surface area contributed by atoms with E-state index >= 15 is 0 Å². The lowest BCUT2D eigenvalue weighted by Crippen LogP contribution is -2.12. The number of carbonyl (C=O) groups is 1. The van der Waals surface area contributed by atoms with Gasteiger partial charge in [-0.15, -0.1) is 0 Å². The summed E-state index contributed by atoms with van der Waals surface area (Å²) in [5, 5.41) is 13.6. The molecule has 0 bridgehead atoms. The summed E-state index contributed by atoms with van der Waals surface area (Å²) in [4.78, 5) is 22.2. The molecule has 1 amide bonds. The Morgan fingerprint density at radius 3 is 2.57 bits per heavy atom. The highest BCUT2D eigenvalue weighted by Crippen LogP contribution is 2.25. The van der Waals surface area contributed by atoms with E-state index in [0.717, 1.165) is 10.2 Å². The smallest absolute Gasteiger partial charge is 0.310 e. The lowest BCUT2D eigenvalue weighted by Gasteiger charge is -2.07. The van der Waals surface area contributed by atoms with Crippen molar-refractivity contribution in [2.24, 2.45) is 0 Å². The van der Waals surface area contributed by atoms with Gasteiger partial charge in [0.15, 0.2) is 5.75 Å². The highest BCUT2D eigenvalue weighted by Gasteiger charge is 2.13. The predicted molar refractivity (Wildman–Crippen MR) is 90.6 cm³/mol. The summed E-state index contributed by atoms with van der Waals surface area (Å²) in [7, 11) is 0. The van der Waals surface area contributed by atoms with Crippen molar-refractivity contribution in [1.29, 1.82) is 0 Å². The van der Waals surface area contributed by atoms with E-state index in [9.17, 15) is 14.9 Å². The third kappa shape index (κ3) is 5.37. The Morgan fingerprint density at radius 2 is 1.87 bits per heavy atom. The number of benzene rings is 2. The molecule has 0 atom stereocenters. The molecule has 0 unspecified atom stereocenters. The van der Waals surface area contributed by atoms with E-state index in [0.29, 0.717) is 6.42 Å². The van der Waals surface area contributed by atoms with E-state index in [4.69, 9.17) is 4.74 Å². The van der Waals surface area contributed by atoms with Gasteiger partial charge in [-0.1, -0.05) is 28.1 Å². The molecule has 2 aromatic rings. The van der Waals surface area contributed by atoms with E-state index in [1.165, 1.54) is 6.07 Å². The van der Waals surface area contributed by atoms with Gasteiger partial charge in [0.1, 0.15) is 0 Å².